The molecule has 1 atom stereocenters. The Labute approximate surface area is 132 Å². The summed E-state index contributed by atoms with van der Waals surface area (Å²) >= 11 is 24.8. The van der Waals surface area contributed by atoms with Crippen LogP contribution in [0.1, 0.15) is 16.5 Å². The van der Waals surface area contributed by atoms with Gasteiger partial charge in [-0.25, -0.2) is 0 Å². The molecule has 1 nitrogen and oxygen atoms in total. The molecule has 0 N–H and O–H groups in total. The van der Waals surface area contributed by atoms with Crippen LogP contribution in [-0.4, -0.2) is 7.11 Å². The third kappa shape index (κ3) is 2.95. The van der Waals surface area contributed by atoms with E-state index in [1.807, 2.05) is 30.3 Å². The van der Waals surface area contributed by atoms with Gasteiger partial charge >= 0.3 is 0 Å². The lowest BCUT2D eigenvalue weighted by Crippen LogP contribution is -1.97. The summed E-state index contributed by atoms with van der Waals surface area (Å²) in [7, 11) is 1.51. The van der Waals surface area contributed by atoms with E-state index in [1.165, 1.54) is 7.11 Å². The minimum Gasteiger partial charge on any atom is -0.495 e. The molecule has 0 aliphatic carbocycles. The molecule has 0 amide bonds. The van der Waals surface area contributed by atoms with Gasteiger partial charge in [0.05, 0.1) is 22.5 Å². The summed E-state index contributed by atoms with van der Waals surface area (Å²) in [6.45, 7) is 0. The van der Waals surface area contributed by atoms with Crippen LogP contribution in [0, 0.1) is 0 Å². The van der Waals surface area contributed by atoms with Crippen LogP contribution in [0.3, 0.4) is 0 Å². The molecule has 5 heteroatoms. The third-order valence-electron chi connectivity index (χ3n) is 2.73. The zero-order chi connectivity index (χ0) is 14.0. The number of rotatable bonds is 3. The number of alkyl halides is 1. The maximum absolute atomic E-state index is 6.45. The Morgan fingerprint density at radius 3 is 2.16 bits per heavy atom. The molecule has 0 aliphatic heterocycles. The maximum atomic E-state index is 6.45. The lowest BCUT2D eigenvalue weighted by atomic mass is 10.0. The number of hydrogen-bond acceptors (Lipinski definition) is 1. The molecule has 1 unspecified atom stereocenters. The lowest BCUT2D eigenvalue weighted by molar-refractivity contribution is 0.414. The van der Waals surface area contributed by atoms with Gasteiger partial charge in [0.25, 0.3) is 0 Å². The van der Waals surface area contributed by atoms with Crippen molar-refractivity contribution in [3.63, 3.8) is 0 Å². The van der Waals surface area contributed by atoms with E-state index in [9.17, 15) is 0 Å². The first-order valence-corrected chi connectivity index (χ1v) is 7.03. The minimum atomic E-state index is -0.419. The highest BCUT2D eigenvalue weighted by Crippen LogP contribution is 2.44. The van der Waals surface area contributed by atoms with Gasteiger partial charge in [-0.3, -0.25) is 0 Å². The van der Waals surface area contributed by atoms with Gasteiger partial charge in [-0.05, 0) is 17.2 Å². The topological polar surface area (TPSA) is 9.23 Å². The van der Waals surface area contributed by atoms with Crippen LogP contribution in [0.5, 0.6) is 5.75 Å². The van der Waals surface area contributed by atoms with E-state index in [1.54, 1.807) is 6.07 Å². The molecule has 2 aromatic carbocycles. The largest absolute Gasteiger partial charge is 0.495 e. The van der Waals surface area contributed by atoms with Crippen molar-refractivity contribution in [2.24, 2.45) is 0 Å². The monoisotopic (exact) mass is 334 g/mol. The van der Waals surface area contributed by atoms with Crippen molar-refractivity contribution in [1.29, 1.82) is 0 Å². The van der Waals surface area contributed by atoms with Crippen LogP contribution < -0.4 is 4.74 Å². The Morgan fingerprint density at radius 1 is 0.947 bits per heavy atom. The molecular formula is C14H10Cl4O. The first-order valence-electron chi connectivity index (χ1n) is 5.46. The summed E-state index contributed by atoms with van der Waals surface area (Å²) in [5.74, 6) is 0.452. The Kier molecular flexibility index (Phi) is 4.86. The molecule has 0 heterocycles. The predicted octanol–water partition coefficient (Wildman–Crippen LogP) is 5.98. The zero-order valence-corrected chi connectivity index (χ0v) is 13.0. The van der Waals surface area contributed by atoms with Gasteiger partial charge in [-0.1, -0.05) is 65.1 Å². The van der Waals surface area contributed by atoms with E-state index in [2.05, 4.69) is 0 Å². The average molecular weight is 336 g/mol. The Morgan fingerprint density at radius 2 is 1.58 bits per heavy atom. The van der Waals surface area contributed by atoms with Gasteiger partial charge in [0.15, 0.2) is 0 Å². The number of benzene rings is 2. The van der Waals surface area contributed by atoms with Crippen LogP contribution in [0.15, 0.2) is 36.4 Å². The van der Waals surface area contributed by atoms with E-state index in [0.717, 1.165) is 5.56 Å². The Balaban J connectivity index is 2.54. The summed E-state index contributed by atoms with van der Waals surface area (Å²) in [4.78, 5) is 0. The number of hydrogen-bond donors (Lipinski definition) is 0. The second-order valence-electron chi connectivity index (χ2n) is 3.88. The summed E-state index contributed by atoms with van der Waals surface area (Å²) < 4.78 is 5.17. The summed E-state index contributed by atoms with van der Waals surface area (Å²) in [5.41, 5.74) is 1.59. The van der Waals surface area contributed by atoms with Crippen molar-refractivity contribution >= 4 is 46.4 Å². The van der Waals surface area contributed by atoms with E-state index in [0.29, 0.717) is 16.3 Å². The highest BCUT2D eigenvalue weighted by molar-refractivity contribution is 6.49. The van der Waals surface area contributed by atoms with Crippen molar-refractivity contribution < 1.29 is 4.74 Å². The van der Waals surface area contributed by atoms with E-state index in [4.69, 9.17) is 51.1 Å². The lowest BCUT2D eigenvalue weighted by Gasteiger charge is -2.16. The van der Waals surface area contributed by atoms with Gasteiger partial charge in [-0.15, -0.1) is 11.6 Å². The maximum Gasteiger partial charge on any atom is 0.139 e. The van der Waals surface area contributed by atoms with E-state index < -0.39 is 5.38 Å². The van der Waals surface area contributed by atoms with Crippen LogP contribution in [0.25, 0.3) is 0 Å². The highest BCUT2D eigenvalue weighted by Gasteiger charge is 2.20. The molecule has 0 radical (unpaired) electrons. The summed E-state index contributed by atoms with van der Waals surface area (Å²) in [6, 6.07) is 11.3. The molecule has 19 heavy (non-hydrogen) atoms. The summed E-state index contributed by atoms with van der Waals surface area (Å²) in [6.07, 6.45) is 0. The van der Waals surface area contributed by atoms with Gasteiger partial charge < -0.3 is 4.74 Å². The van der Waals surface area contributed by atoms with Gasteiger partial charge in [0.2, 0.25) is 0 Å². The molecular weight excluding hydrogens is 326 g/mol. The highest BCUT2D eigenvalue weighted by atomic mass is 35.5. The number of methoxy groups -OCH3 is 1. The number of ether oxygens (including phenoxy) is 1. The van der Waals surface area contributed by atoms with Crippen molar-refractivity contribution in [3.8, 4) is 5.75 Å². The summed E-state index contributed by atoms with van der Waals surface area (Å²) in [5, 5.41) is 0.461. The normalized spacial score (nSPS) is 12.3. The first kappa shape index (κ1) is 14.8. The Bertz CT molecular complexity index is 584. The van der Waals surface area contributed by atoms with Crippen molar-refractivity contribution in [2.75, 3.05) is 7.11 Å². The second-order valence-corrected chi connectivity index (χ2v) is 5.45. The molecule has 0 saturated heterocycles. The second kappa shape index (κ2) is 6.23. The standard InChI is InChI=1S/C14H10Cl4O/c1-19-10-7-9(12(16)14(18)13(10)17)11(15)8-5-3-2-4-6-8/h2-7,11H,1H3. The quantitative estimate of drug-likeness (QED) is 0.495. The van der Waals surface area contributed by atoms with E-state index >= 15 is 0 Å². The first-order chi connectivity index (χ1) is 9.06. The van der Waals surface area contributed by atoms with E-state index in [-0.39, 0.29) is 10.0 Å². The fraction of sp³-hybridized carbons (Fsp3) is 0.143. The smallest absolute Gasteiger partial charge is 0.139 e. The SMILES string of the molecule is COc1cc(C(Cl)c2ccccc2)c(Cl)c(Cl)c1Cl. The molecule has 2 aromatic rings. The molecule has 2 rings (SSSR count). The van der Waals surface area contributed by atoms with Crippen molar-refractivity contribution in [1.82, 2.24) is 0 Å². The molecule has 100 valence electrons. The minimum absolute atomic E-state index is 0.249. The van der Waals surface area contributed by atoms with Crippen LogP contribution >= 0.6 is 46.4 Å². The molecule has 0 fully saturated rings. The molecule has 0 saturated carbocycles. The van der Waals surface area contributed by atoms with Crippen molar-refractivity contribution in [2.45, 2.75) is 5.38 Å². The molecule has 0 spiro atoms. The average Bonchev–Trinajstić information content (AvgIpc) is 2.45. The van der Waals surface area contributed by atoms with Gasteiger partial charge in [0, 0.05) is 0 Å². The van der Waals surface area contributed by atoms with Crippen LogP contribution in [0.2, 0.25) is 15.1 Å². The molecule has 0 aliphatic rings. The predicted molar refractivity (Wildman–Crippen MR) is 82.2 cm³/mol. The van der Waals surface area contributed by atoms with Crippen LogP contribution in [-0.2, 0) is 0 Å². The fourth-order valence-corrected chi connectivity index (χ4v) is 2.84. The molecule has 0 aromatic heterocycles. The fourth-order valence-electron chi connectivity index (χ4n) is 1.73. The van der Waals surface area contributed by atoms with Crippen LogP contribution in [0.4, 0.5) is 0 Å². The molecule has 0 bridgehead atoms. The third-order valence-corrected chi connectivity index (χ3v) is 4.57. The van der Waals surface area contributed by atoms with Gasteiger partial charge in [0.1, 0.15) is 10.8 Å². The zero-order valence-electron chi connectivity index (χ0n) is 9.96. The Hall–Kier alpha value is -0.600. The van der Waals surface area contributed by atoms with Crippen molar-refractivity contribution in [3.05, 3.63) is 62.6 Å². The number of halogens is 4. The van der Waals surface area contributed by atoms with Gasteiger partial charge in [-0.2, -0.15) is 0 Å².